The summed E-state index contributed by atoms with van der Waals surface area (Å²) in [5.41, 5.74) is 5.01. The summed E-state index contributed by atoms with van der Waals surface area (Å²) in [7, 11) is 0. The Morgan fingerprint density at radius 1 is 1.06 bits per heavy atom. The molecule has 1 fully saturated rings. The van der Waals surface area contributed by atoms with Gasteiger partial charge < -0.3 is 9.30 Å². The van der Waals surface area contributed by atoms with Crippen LogP contribution in [0.2, 0.25) is 0 Å². The van der Waals surface area contributed by atoms with E-state index in [0.29, 0.717) is 37.0 Å². The molecule has 4 heterocycles. The lowest BCUT2D eigenvalue weighted by atomic mass is 10.2. The van der Waals surface area contributed by atoms with Gasteiger partial charge in [-0.05, 0) is 43.7 Å². The zero-order chi connectivity index (χ0) is 22.9. The van der Waals surface area contributed by atoms with Gasteiger partial charge in [-0.2, -0.15) is 0 Å². The summed E-state index contributed by atoms with van der Waals surface area (Å²) in [6.07, 6.45) is 3.92. The molecule has 0 radical (unpaired) electrons. The highest BCUT2D eigenvalue weighted by molar-refractivity contribution is 5.77. The van der Waals surface area contributed by atoms with Crippen molar-refractivity contribution in [3.05, 3.63) is 76.2 Å². The number of rotatable bonds is 5. The Morgan fingerprint density at radius 2 is 1.85 bits per heavy atom. The Bertz CT molecular complexity index is 1380. The minimum atomic E-state index is -0.100. The highest BCUT2D eigenvalue weighted by Gasteiger charge is 2.22. The van der Waals surface area contributed by atoms with Crippen molar-refractivity contribution in [2.24, 2.45) is 0 Å². The lowest BCUT2D eigenvalue weighted by molar-refractivity contribution is -0.133. The monoisotopic (exact) mass is 444 g/mol. The number of nitrogens with zero attached hydrogens (tertiary/aromatic N) is 6. The lowest BCUT2D eigenvalue weighted by Gasteiger charge is -2.34. The summed E-state index contributed by atoms with van der Waals surface area (Å²) in [6, 6.07) is 11.5. The molecule has 8 heteroatoms. The summed E-state index contributed by atoms with van der Waals surface area (Å²) >= 11 is 0. The summed E-state index contributed by atoms with van der Waals surface area (Å²) in [5.74, 6) is 0.0798. The topological polar surface area (TPSA) is 75.7 Å². The van der Waals surface area contributed by atoms with Crippen LogP contribution in [0, 0.1) is 13.8 Å². The van der Waals surface area contributed by atoms with Crippen LogP contribution in [-0.4, -0.2) is 60.8 Å². The smallest absolute Gasteiger partial charge is 0.261 e. The summed E-state index contributed by atoms with van der Waals surface area (Å²) < 4.78 is 3.70. The van der Waals surface area contributed by atoms with E-state index in [1.165, 1.54) is 22.2 Å². The first-order valence-corrected chi connectivity index (χ1v) is 11.4. The standard InChI is InChI=1S/C25H28N6O2/c1-18-7-10-31-22(19(2)27-23(31)15-18)16-28-11-13-29(14-12-28)24(32)8-9-30-17-26-21-6-4-3-5-20(21)25(30)33/h3-7,10,15,17H,8-9,11-14,16H2,1-2H3. The van der Waals surface area contributed by atoms with Crippen LogP contribution in [0.3, 0.4) is 0 Å². The molecule has 1 aliphatic heterocycles. The number of amides is 1. The number of fused-ring (bicyclic) bond motifs is 2. The Labute approximate surface area is 192 Å². The molecular weight excluding hydrogens is 416 g/mol. The molecule has 0 bridgehead atoms. The second-order valence-electron chi connectivity index (χ2n) is 8.74. The van der Waals surface area contributed by atoms with Crippen molar-refractivity contribution in [3.8, 4) is 0 Å². The number of benzene rings is 1. The van der Waals surface area contributed by atoms with Gasteiger partial charge >= 0.3 is 0 Å². The molecule has 1 saturated heterocycles. The first-order valence-electron chi connectivity index (χ1n) is 11.4. The minimum Gasteiger partial charge on any atom is -0.340 e. The minimum absolute atomic E-state index is 0.0798. The van der Waals surface area contributed by atoms with Crippen molar-refractivity contribution in [2.45, 2.75) is 33.4 Å². The van der Waals surface area contributed by atoms with E-state index in [2.05, 4.69) is 46.5 Å². The second kappa shape index (κ2) is 8.78. The molecule has 1 aliphatic rings. The van der Waals surface area contributed by atoms with E-state index >= 15 is 0 Å². The van der Waals surface area contributed by atoms with Crippen LogP contribution in [0.15, 0.2) is 53.7 Å². The van der Waals surface area contributed by atoms with Crippen molar-refractivity contribution < 1.29 is 4.79 Å². The number of piperazine rings is 1. The Hall–Kier alpha value is -3.52. The van der Waals surface area contributed by atoms with Crippen molar-refractivity contribution >= 4 is 22.5 Å². The number of para-hydroxylation sites is 1. The number of carbonyl (C=O) groups is 1. The van der Waals surface area contributed by atoms with Crippen molar-refractivity contribution in [1.82, 2.24) is 28.7 Å². The molecule has 33 heavy (non-hydrogen) atoms. The average molecular weight is 445 g/mol. The van der Waals surface area contributed by atoms with Crippen LogP contribution in [-0.2, 0) is 17.9 Å². The zero-order valence-corrected chi connectivity index (χ0v) is 19.1. The molecule has 0 atom stereocenters. The van der Waals surface area contributed by atoms with Crippen LogP contribution in [0.1, 0.15) is 23.4 Å². The largest absolute Gasteiger partial charge is 0.340 e. The van der Waals surface area contributed by atoms with Gasteiger partial charge in [0.15, 0.2) is 0 Å². The molecule has 3 aromatic heterocycles. The number of pyridine rings is 1. The van der Waals surface area contributed by atoms with E-state index in [1.54, 1.807) is 6.07 Å². The van der Waals surface area contributed by atoms with Gasteiger partial charge in [-0.15, -0.1) is 0 Å². The number of aromatic nitrogens is 4. The van der Waals surface area contributed by atoms with Gasteiger partial charge in [-0.3, -0.25) is 19.1 Å². The third kappa shape index (κ3) is 4.26. The fraction of sp³-hybridized carbons (Fsp3) is 0.360. The second-order valence-corrected chi connectivity index (χ2v) is 8.74. The quantitative estimate of drug-likeness (QED) is 0.473. The van der Waals surface area contributed by atoms with Gasteiger partial charge in [0.05, 0.1) is 28.6 Å². The maximum atomic E-state index is 12.8. The van der Waals surface area contributed by atoms with Gasteiger partial charge in [0.1, 0.15) is 5.65 Å². The van der Waals surface area contributed by atoms with Gasteiger partial charge in [-0.1, -0.05) is 12.1 Å². The number of imidazole rings is 1. The van der Waals surface area contributed by atoms with Gasteiger partial charge in [-0.25, -0.2) is 9.97 Å². The van der Waals surface area contributed by atoms with E-state index in [4.69, 9.17) is 4.98 Å². The first-order chi connectivity index (χ1) is 16.0. The Morgan fingerprint density at radius 3 is 2.67 bits per heavy atom. The normalized spacial score (nSPS) is 14.9. The summed E-state index contributed by atoms with van der Waals surface area (Å²) in [4.78, 5) is 38.7. The van der Waals surface area contributed by atoms with Crippen molar-refractivity contribution in [2.75, 3.05) is 26.2 Å². The van der Waals surface area contributed by atoms with E-state index in [1.807, 2.05) is 23.1 Å². The summed E-state index contributed by atoms with van der Waals surface area (Å²) in [6.45, 7) is 8.32. The molecule has 0 N–H and O–H groups in total. The van der Waals surface area contributed by atoms with E-state index < -0.39 is 0 Å². The van der Waals surface area contributed by atoms with Crippen molar-refractivity contribution in [1.29, 1.82) is 0 Å². The molecule has 0 aliphatic carbocycles. The van der Waals surface area contributed by atoms with Crippen LogP contribution >= 0.6 is 0 Å². The SMILES string of the molecule is Cc1ccn2c(CN3CCN(C(=O)CCn4cnc5ccccc5c4=O)CC3)c(C)nc2c1. The molecule has 0 unspecified atom stereocenters. The maximum Gasteiger partial charge on any atom is 0.261 e. The van der Waals surface area contributed by atoms with Crippen LogP contribution in [0.25, 0.3) is 16.6 Å². The molecule has 4 aromatic rings. The highest BCUT2D eigenvalue weighted by Crippen LogP contribution is 2.17. The number of aryl methyl sites for hydroxylation is 3. The zero-order valence-electron chi connectivity index (χ0n) is 19.1. The van der Waals surface area contributed by atoms with E-state index in [0.717, 1.165) is 31.0 Å². The third-order valence-corrected chi connectivity index (χ3v) is 6.48. The average Bonchev–Trinajstić information content (AvgIpc) is 3.13. The highest BCUT2D eigenvalue weighted by atomic mass is 16.2. The maximum absolute atomic E-state index is 12.8. The molecule has 5 rings (SSSR count). The molecular formula is C25H28N6O2. The number of hydrogen-bond donors (Lipinski definition) is 0. The molecule has 1 aromatic carbocycles. The van der Waals surface area contributed by atoms with Gasteiger partial charge in [0, 0.05) is 51.9 Å². The van der Waals surface area contributed by atoms with Crippen molar-refractivity contribution in [3.63, 3.8) is 0 Å². The fourth-order valence-corrected chi connectivity index (χ4v) is 4.51. The lowest BCUT2D eigenvalue weighted by Crippen LogP contribution is -2.48. The Kier molecular flexibility index (Phi) is 5.68. The fourth-order valence-electron chi connectivity index (χ4n) is 4.51. The number of hydrogen-bond acceptors (Lipinski definition) is 5. The predicted molar refractivity (Wildman–Crippen MR) is 127 cm³/mol. The molecule has 170 valence electrons. The van der Waals surface area contributed by atoms with Crippen LogP contribution in [0.4, 0.5) is 0 Å². The van der Waals surface area contributed by atoms with Crippen LogP contribution in [0.5, 0.6) is 0 Å². The Balaban J connectivity index is 1.18. The van der Waals surface area contributed by atoms with Gasteiger partial charge in [0.2, 0.25) is 5.91 Å². The third-order valence-electron chi connectivity index (χ3n) is 6.48. The molecule has 8 nitrogen and oxygen atoms in total. The van der Waals surface area contributed by atoms with E-state index in [9.17, 15) is 9.59 Å². The predicted octanol–water partition coefficient (Wildman–Crippen LogP) is 2.40. The molecule has 0 spiro atoms. The number of carbonyl (C=O) groups excluding carboxylic acids is 1. The first kappa shape index (κ1) is 21.3. The van der Waals surface area contributed by atoms with E-state index in [-0.39, 0.29) is 11.5 Å². The van der Waals surface area contributed by atoms with Gasteiger partial charge in [0.25, 0.3) is 5.56 Å². The molecule has 0 saturated carbocycles. The summed E-state index contributed by atoms with van der Waals surface area (Å²) in [5, 5.41) is 0.582. The van der Waals surface area contributed by atoms with Crippen LogP contribution < -0.4 is 5.56 Å². The molecule has 1 amide bonds.